The van der Waals surface area contributed by atoms with Crippen molar-refractivity contribution in [3.63, 3.8) is 0 Å². The molecule has 0 aliphatic carbocycles. The van der Waals surface area contributed by atoms with Crippen molar-refractivity contribution in [2.24, 2.45) is 0 Å². The Balaban J connectivity index is 4.65. The molecule has 3 atom stereocenters. The lowest BCUT2D eigenvalue weighted by molar-refractivity contribution is -0.151. The number of esters is 1. The molecule has 0 fully saturated rings. The van der Waals surface area contributed by atoms with E-state index >= 15 is 0 Å². The van der Waals surface area contributed by atoms with Gasteiger partial charge in [-0.2, -0.15) is 0 Å². The van der Waals surface area contributed by atoms with E-state index < -0.39 is 18.2 Å². The number of nitrogens with one attached hydrogen (secondary N) is 1. The topological polar surface area (TPSA) is 95.9 Å². The Morgan fingerprint density at radius 2 is 0.903 bits per heavy atom. The van der Waals surface area contributed by atoms with E-state index in [-0.39, 0.29) is 24.9 Å². The van der Waals surface area contributed by atoms with E-state index in [0.717, 1.165) is 57.8 Å². The fourth-order valence-corrected chi connectivity index (χ4v) is 7.69. The Morgan fingerprint density at radius 3 is 1.40 bits per heavy atom. The fourth-order valence-electron chi connectivity index (χ4n) is 7.69. The second-order valence-corrected chi connectivity index (χ2v) is 17.7. The van der Waals surface area contributed by atoms with Crippen LogP contribution in [-0.2, 0) is 14.3 Å². The molecule has 0 aliphatic heterocycles. The highest BCUT2D eigenvalue weighted by Crippen LogP contribution is 2.17. The summed E-state index contributed by atoms with van der Waals surface area (Å²) >= 11 is 0. The van der Waals surface area contributed by atoms with Crippen LogP contribution < -0.4 is 5.32 Å². The molecular formula is C56H99NO5. The van der Waals surface area contributed by atoms with Gasteiger partial charge in [-0.05, 0) is 64.2 Å². The first-order valence-corrected chi connectivity index (χ1v) is 26.2. The summed E-state index contributed by atoms with van der Waals surface area (Å²) in [7, 11) is 0. The van der Waals surface area contributed by atoms with Gasteiger partial charge in [0.2, 0.25) is 5.91 Å². The number of aliphatic hydroxyl groups is 2. The molecule has 3 N–H and O–H groups in total. The molecule has 0 aromatic heterocycles. The number of allylic oxidation sites excluding steroid dienone is 12. The van der Waals surface area contributed by atoms with E-state index in [9.17, 15) is 19.8 Å². The predicted molar refractivity (Wildman–Crippen MR) is 268 cm³/mol. The third-order valence-corrected chi connectivity index (χ3v) is 11.6. The number of carbonyl (C=O) groups excluding carboxylic acids is 2. The third-order valence-electron chi connectivity index (χ3n) is 11.6. The van der Waals surface area contributed by atoms with Crippen LogP contribution in [-0.4, -0.2) is 46.9 Å². The summed E-state index contributed by atoms with van der Waals surface area (Å²) < 4.78 is 5.89. The molecule has 0 heterocycles. The van der Waals surface area contributed by atoms with E-state index in [0.29, 0.717) is 19.3 Å². The Morgan fingerprint density at radius 1 is 0.484 bits per heavy atom. The molecule has 358 valence electrons. The van der Waals surface area contributed by atoms with Crippen LogP contribution in [0.5, 0.6) is 0 Å². The highest BCUT2D eigenvalue weighted by Gasteiger charge is 2.24. The molecule has 0 aromatic carbocycles. The van der Waals surface area contributed by atoms with Gasteiger partial charge in [0, 0.05) is 6.42 Å². The number of carbonyl (C=O) groups is 2. The van der Waals surface area contributed by atoms with Crippen LogP contribution >= 0.6 is 0 Å². The van der Waals surface area contributed by atoms with Crippen molar-refractivity contribution >= 4 is 11.9 Å². The van der Waals surface area contributed by atoms with Crippen molar-refractivity contribution in [1.82, 2.24) is 5.32 Å². The molecule has 3 unspecified atom stereocenters. The van der Waals surface area contributed by atoms with Crippen LogP contribution in [0.25, 0.3) is 0 Å². The van der Waals surface area contributed by atoms with Crippen LogP contribution in [0.15, 0.2) is 72.9 Å². The molecule has 0 rings (SSSR count). The largest absolute Gasteiger partial charge is 0.462 e. The van der Waals surface area contributed by atoms with E-state index in [1.807, 2.05) is 48.6 Å². The lowest BCUT2D eigenvalue weighted by Gasteiger charge is -2.24. The summed E-state index contributed by atoms with van der Waals surface area (Å²) in [6.07, 6.45) is 62.5. The van der Waals surface area contributed by atoms with E-state index in [1.54, 1.807) is 0 Å². The van der Waals surface area contributed by atoms with Gasteiger partial charge in [-0.15, -0.1) is 0 Å². The van der Waals surface area contributed by atoms with E-state index in [1.165, 1.54) is 141 Å². The van der Waals surface area contributed by atoms with Crippen LogP contribution in [0.3, 0.4) is 0 Å². The SMILES string of the molecule is CC/C=C/C=C/C=C\C=C/C=C/CCCC(CC(=O)NC(CO)C(O)CCCCCCCCCCCCCCCCC)OC(=O)CCCCCCCCC/C=C\CCCCCC. The minimum atomic E-state index is -0.809. The molecular weight excluding hydrogens is 767 g/mol. The van der Waals surface area contributed by atoms with Crippen molar-refractivity contribution in [3.05, 3.63) is 72.9 Å². The molecule has 0 aromatic rings. The normalized spacial score (nSPS) is 13.8. The molecule has 1 amide bonds. The van der Waals surface area contributed by atoms with Crippen molar-refractivity contribution in [2.75, 3.05) is 6.61 Å². The first-order valence-electron chi connectivity index (χ1n) is 26.2. The lowest BCUT2D eigenvalue weighted by Crippen LogP contribution is -2.46. The summed E-state index contributed by atoms with van der Waals surface area (Å²) in [5.74, 6) is -0.551. The van der Waals surface area contributed by atoms with Crippen LogP contribution in [0.1, 0.15) is 245 Å². The molecule has 0 bridgehead atoms. The van der Waals surface area contributed by atoms with Gasteiger partial charge in [0.15, 0.2) is 0 Å². The van der Waals surface area contributed by atoms with Gasteiger partial charge in [0.1, 0.15) is 6.10 Å². The summed E-state index contributed by atoms with van der Waals surface area (Å²) in [6, 6.07) is -0.727. The smallest absolute Gasteiger partial charge is 0.306 e. The van der Waals surface area contributed by atoms with Crippen molar-refractivity contribution in [1.29, 1.82) is 0 Å². The first kappa shape index (κ1) is 59.3. The van der Waals surface area contributed by atoms with Gasteiger partial charge >= 0.3 is 5.97 Å². The second-order valence-electron chi connectivity index (χ2n) is 17.7. The van der Waals surface area contributed by atoms with Gasteiger partial charge in [-0.1, -0.05) is 241 Å². The van der Waals surface area contributed by atoms with E-state index in [4.69, 9.17) is 4.74 Å². The maximum absolute atomic E-state index is 13.2. The summed E-state index contributed by atoms with van der Waals surface area (Å²) in [5, 5.41) is 23.8. The molecule has 0 radical (unpaired) electrons. The summed E-state index contributed by atoms with van der Waals surface area (Å²) in [5.41, 5.74) is 0. The van der Waals surface area contributed by atoms with Gasteiger partial charge in [-0.25, -0.2) is 0 Å². The Labute approximate surface area is 383 Å². The minimum absolute atomic E-state index is 0.0251. The zero-order valence-corrected chi connectivity index (χ0v) is 40.7. The van der Waals surface area contributed by atoms with Crippen LogP contribution in [0.2, 0.25) is 0 Å². The number of unbranched alkanes of at least 4 members (excludes halogenated alkanes) is 26. The minimum Gasteiger partial charge on any atom is -0.462 e. The van der Waals surface area contributed by atoms with Crippen LogP contribution in [0, 0.1) is 0 Å². The van der Waals surface area contributed by atoms with Gasteiger partial charge in [-0.3, -0.25) is 9.59 Å². The number of aliphatic hydroxyl groups excluding tert-OH is 2. The monoisotopic (exact) mass is 866 g/mol. The molecule has 62 heavy (non-hydrogen) atoms. The zero-order valence-electron chi connectivity index (χ0n) is 40.7. The summed E-state index contributed by atoms with van der Waals surface area (Å²) in [4.78, 5) is 26.1. The van der Waals surface area contributed by atoms with Gasteiger partial charge < -0.3 is 20.3 Å². The van der Waals surface area contributed by atoms with Gasteiger partial charge in [0.25, 0.3) is 0 Å². The number of hydrogen-bond acceptors (Lipinski definition) is 5. The first-order chi connectivity index (χ1) is 30.5. The summed E-state index contributed by atoms with van der Waals surface area (Å²) in [6.45, 7) is 6.31. The maximum atomic E-state index is 13.2. The lowest BCUT2D eigenvalue weighted by atomic mass is 10.0. The third kappa shape index (κ3) is 43.9. The molecule has 0 saturated heterocycles. The maximum Gasteiger partial charge on any atom is 0.306 e. The molecule has 0 aliphatic rings. The number of hydrogen-bond donors (Lipinski definition) is 3. The van der Waals surface area contributed by atoms with Crippen molar-refractivity contribution in [3.8, 4) is 0 Å². The van der Waals surface area contributed by atoms with Crippen molar-refractivity contribution in [2.45, 2.75) is 264 Å². The highest BCUT2D eigenvalue weighted by molar-refractivity contribution is 5.77. The predicted octanol–water partition coefficient (Wildman–Crippen LogP) is 15.8. The van der Waals surface area contributed by atoms with E-state index in [2.05, 4.69) is 50.4 Å². The molecule has 6 nitrogen and oxygen atoms in total. The molecule has 0 spiro atoms. The zero-order chi connectivity index (χ0) is 45.2. The second kappa shape index (κ2) is 49.3. The molecule has 6 heteroatoms. The number of amides is 1. The average Bonchev–Trinajstić information content (AvgIpc) is 3.26. The van der Waals surface area contributed by atoms with Crippen molar-refractivity contribution < 1.29 is 24.5 Å². The van der Waals surface area contributed by atoms with Gasteiger partial charge in [0.05, 0.1) is 25.2 Å². The number of rotatable bonds is 46. The fraction of sp³-hybridized carbons (Fsp3) is 0.750. The standard InChI is InChI=1S/C56H99NO5/c1-4-7-10-13-16-19-22-25-27-30-33-36-39-42-45-48-54(59)53(51-58)57-55(60)50-52(47-44-41-38-35-32-29-24-21-18-15-12-9-6-3)62-56(61)49-46-43-40-37-34-31-28-26-23-20-17-14-11-8-5-2/h9,12,15,18,20-21,23-24,29,32,35,38,52-54,58-59H,4-8,10-11,13-14,16-17,19,22,25-28,30-31,33-34,36-37,39-51H2,1-3H3,(H,57,60)/b12-9+,18-15+,23-20-,24-21-,32-29-,38-35+. The quantitative estimate of drug-likeness (QED) is 0.0245. The Kier molecular flexibility index (Phi) is 47.2. The van der Waals surface area contributed by atoms with Crippen LogP contribution in [0.4, 0.5) is 0 Å². The Bertz CT molecular complexity index is 1150. The average molecular weight is 866 g/mol. The highest BCUT2D eigenvalue weighted by atomic mass is 16.5. The Hall–Kier alpha value is -2.70. The number of ether oxygens (including phenoxy) is 1. The molecule has 0 saturated carbocycles.